The molecule has 0 atom stereocenters. The van der Waals surface area contributed by atoms with Gasteiger partial charge in [0.1, 0.15) is 6.54 Å². The standard InChI is InChI=1S/C22H19N7O2S/c1-14-11-15(2)29(25-14)19-7-8-21(31)28(26-19)13-20(30)23-17-5-3-16(4-6-17)18-12-27-9-10-32-22(27)24-18/h3-12H,13H2,1-2H3,(H,23,30). The van der Waals surface area contributed by atoms with Crippen molar-refractivity contribution in [2.45, 2.75) is 20.4 Å². The van der Waals surface area contributed by atoms with Crippen LogP contribution in [0.25, 0.3) is 22.0 Å². The first-order valence-corrected chi connectivity index (χ1v) is 10.8. The first-order chi connectivity index (χ1) is 15.5. The lowest BCUT2D eigenvalue weighted by Crippen LogP contribution is -2.30. The highest BCUT2D eigenvalue weighted by Gasteiger charge is 2.11. The fourth-order valence-corrected chi connectivity index (χ4v) is 4.15. The van der Waals surface area contributed by atoms with Gasteiger partial charge in [0.25, 0.3) is 5.56 Å². The van der Waals surface area contributed by atoms with Crippen LogP contribution in [0.5, 0.6) is 0 Å². The molecule has 0 saturated heterocycles. The number of rotatable bonds is 5. The normalized spacial score (nSPS) is 11.2. The smallest absolute Gasteiger partial charge is 0.267 e. The number of aromatic nitrogens is 6. The maximum atomic E-state index is 12.5. The number of imidazole rings is 1. The van der Waals surface area contributed by atoms with E-state index in [4.69, 9.17) is 0 Å². The molecule has 1 N–H and O–H groups in total. The van der Waals surface area contributed by atoms with Gasteiger partial charge in [-0.15, -0.1) is 16.4 Å². The third kappa shape index (κ3) is 3.83. The van der Waals surface area contributed by atoms with E-state index in [0.717, 1.165) is 32.3 Å². The fourth-order valence-electron chi connectivity index (χ4n) is 3.45. The number of amides is 1. The number of thiazole rings is 1. The van der Waals surface area contributed by atoms with Crippen molar-refractivity contribution in [2.24, 2.45) is 0 Å². The molecule has 1 aromatic carbocycles. The Labute approximate surface area is 186 Å². The zero-order valence-corrected chi connectivity index (χ0v) is 18.2. The molecule has 4 aromatic heterocycles. The van der Waals surface area contributed by atoms with Gasteiger partial charge in [0.15, 0.2) is 10.8 Å². The minimum Gasteiger partial charge on any atom is -0.324 e. The molecule has 10 heteroatoms. The van der Waals surface area contributed by atoms with Gasteiger partial charge in [-0.2, -0.15) is 5.10 Å². The number of nitrogens with one attached hydrogen (secondary N) is 1. The molecule has 5 rings (SSSR count). The maximum Gasteiger partial charge on any atom is 0.267 e. The van der Waals surface area contributed by atoms with Crippen LogP contribution in [0.1, 0.15) is 11.4 Å². The minimum absolute atomic E-state index is 0.203. The van der Waals surface area contributed by atoms with Gasteiger partial charge in [-0.25, -0.2) is 14.3 Å². The van der Waals surface area contributed by atoms with E-state index in [0.29, 0.717) is 11.5 Å². The lowest BCUT2D eigenvalue weighted by Gasteiger charge is -2.09. The highest BCUT2D eigenvalue weighted by Crippen LogP contribution is 2.23. The number of hydrogen-bond donors (Lipinski definition) is 1. The second kappa shape index (κ2) is 7.89. The molecule has 0 aliphatic carbocycles. The zero-order valence-electron chi connectivity index (χ0n) is 17.4. The van der Waals surface area contributed by atoms with Crippen LogP contribution in [0.3, 0.4) is 0 Å². The van der Waals surface area contributed by atoms with Crippen molar-refractivity contribution in [1.29, 1.82) is 0 Å². The molecule has 1 amide bonds. The number of hydrogen-bond acceptors (Lipinski definition) is 6. The van der Waals surface area contributed by atoms with Crippen LogP contribution in [0.2, 0.25) is 0 Å². The van der Waals surface area contributed by atoms with Gasteiger partial charge in [0.05, 0.1) is 11.4 Å². The van der Waals surface area contributed by atoms with Crippen molar-refractivity contribution in [3.8, 4) is 17.1 Å². The molecule has 0 aliphatic heterocycles. The summed E-state index contributed by atoms with van der Waals surface area (Å²) >= 11 is 1.57. The third-order valence-electron chi connectivity index (χ3n) is 4.93. The Balaban J connectivity index is 1.30. The summed E-state index contributed by atoms with van der Waals surface area (Å²) in [6, 6.07) is 12.3. The quantitative estimate of drug-likeness (QED) is 0.448. The molecule has 0 spiro atoms. The molecule has 0 aliphatic rings. The Morgan fingerprint density at radius 3 is 2.62 bits per heavy atom. The summed E-state index contributed by atoms with van der Waals surface area (Å²) in [6.07, 6.45) is 3.93. The Morgan fingerprint density at radius 1 is 1.09 bits per heavy atom. The van der Waals surface area contributed by atoms with E-state index in [1.54, 1.807) is 22.1 Å². The average Bonchev–Trinajstić information content (AvgIpc) is 3.45. The fraction of sp³-hybridized carbons (Fsp3) is 0.136. The van der Waals surface area contributed by atoms with Crippen LogP contribution < -0.4 is 10.9 Å². The van der Waals surface area contributed by atoms with Gasteiger partial charge in [-0.05, 0) is 38.1 Å². The number of nitrogens with zero attached hydrogens (tertiary/aromatic N) is 6. The molecule has 0 unspecified atom stereocenters. The summed E-state index contributed by atoms with van der Waals surface area (Å²) in [6.45, 7) is 3.58. The van der Waals surface area contributed by atoms with Gasteiger partial charge in [0.2, 0.25) is 5.91 Å². The van der Waals surface area contributed by atoms with Gasteiger partial charge in [-0.3, -0.25) is 14.0 Å². The van der Waals surface area contributed by atoms with E-state index in [9.17, 15) is 9.59 Å². The van der Waals surface area contributed by atoms with Crippen molar-refractivity contribution in [3.05, 3.63) is 82.0 Å². The molecular formula is C22H19N7O2S. The number of carbonyl (C=O) groups is 1. The van der Waals surface area contributed by atoms with E-state index < -0.39 is 0 Å². The first kappa shape index (κ1) is 19.9. The van der Waals surface area contributed by atoms with Crippen molar-refractivity contribution in [3.63, 3.8) is 0 Å². The highest BCUT2D eigenvalue weighted by atomic mass is 32.1. The van der Waals surface area contributed by atoms with Crippen molar-refractivity contribution in [1.82, 2.24) is 28.9 Å². The van der Waals surface area contributed by atoms with E-state index in [-0.39, 0.29) is 18.0 Å². The van der Waals surface area contributed by atoms with Crippen LogP contribution in [-0.4, -0.2) is 34.9 Å². The number of anilines is 1. The summed E-state index contributed by atoms with van der Waals surface area (Å²) in [5.74, 6) is 0.132. The molecule has 0 bridgehead atoms. The third-order valence-corrected chi connectivity index (χ3v) is 5.70. The molecular weight excluding hydrogens is 426 g/mol. The molecule has 5 aromatic rings. The summed E-state index contributed by atoms with van der Waals surface area (Å²) in [5.41, 5.74) is 3.82. The lowest BCUT2D eigenvalue weighted by atomic mass is 10.1. The molecule has 0 fully saturated rings. The second-order valence-corrected chi connectivity index (χ2v) is 8.24. The second-order valence-electron chi connectivity index (χ2n) is 7.37. The number of fused-ring (bicyclic) bond motifs is 1. The summed E-state index contributed by atoms with van der Waals surface area (Å²) in [5, 5.41) is 13.5. The van der Waals surface area contributed by atoms with Crippen LogP contribution in [0.15, 0.2) is 65.0 Å². The lowest BCUT2D eigenvalue weighted by molar-refractivity contribution is -0.117. The van der Waals surface area contributed by atoms with Crippen LogP contribution in [0.4, 0.5) is 5.69 Å². The number of carbonyl (C=O) groups excluding carboxylic acids is 1. The van der Waals surface area contributed by atoms with Gasteiger partial charge in [-0.1, -0.05) is 12.1 Å². The zero-order chi connectivity index (χ0) is 22.2. The van der Waals surface area contributed by atoms with E-state index in [1.165, 1.54) is 6.07 Å². The molecule has 4 heterocycles. The van der Waals surface area contributed by atoms with E-state index >= 15 is 0 Å². The minimum atomic E-state index is -0.361. The Morgan fingerprint density at radius 2 is 1.91 bits per heavy atom. The largest absolute Gasteiger partial charge is 0.324 e. The predicted molar refractivity (Wildman–Crippen MR) is 122 cm³/mol. The van der Waals surface area contributed by atoms with Gasteiger partial charge in [0, 0.05) is 40.8 Å². The molecule has 160 valence electrons. The maximum absolute atomic E-state index is 12.5. The summed E-state index contributed by atoms with van der Waals surface area (Å²) in [7, 11) is 0. The Hall–Kier alpha value is -4.05. The van der Waals surface area contributed by atoms with Crippen molar-refractivity contribution in [2.75, 3.05) is 5.32 Å². The Kier molecular flexibility index (Phi) is 4.91. The van der Waals surface area contributed by atoms with Crippen LogP contribution >= 0.6 is 11.3 Å². The summed E-state index contributed by atoms with van der Waals surface area (Å²) < 4.78 is 4.75. The van der Waals surface area contributed by atoms with Crippen LogP contribution in [0, 0.1) is 13.8 Å². The monoisotopic (exact) mass is 445 g/mol. The highest BCUT2D eigenvalue weighted by molar-refractivity contribution is 7.15. The van der Waals surface area contributed by atoms with Crippen molar-refractivity contribution < 1.29 is 4.79 Å². The first-order valence-electron chi connectivity index (χ1n) is 9.90. The molecule has 0 radical (unpaired) electrons. The van der Waals surface area contributed by atoms with E-state index in [2.05, 4.69) is 20.5 Å². The molecule has 0 saturated carbocycles. The summed E-state index contributed by atoms with van der Waals surface area (Å²) in [4.78, 5) is 30.3. The van der Waals surface area contributed by atoms with Gasteiger partial charge >= 0.3 is 0 Å². The van der Waals surface area contributed by atoms with Crippen LogP contribution in [-0.2, 0) is 11.3 Å². The number of aryl methyl sites for hydroxylation is 2. The SMILES string of the molecule is Cc1cc(C)n(-c2ccc(=O)n(CC(=O)Nc3ccc(-c4cn5ccsc5n4)cc3)n2)n1. The average molecular weight is 446 g/mol. The molecule has 9 nitrogen and oxygen atoms in total. The van der Waals surface area contributed by atoms with E-state index in [1.807, 2.05) is 66.4 Å². The topological polar surface area (TPSA) is 99.1 Å². The Bertz CT molecular complexity index is 1460. The van der Waals surface area contributed by atoms with Crippen molar-refractivity contribution >= 4 is 27.9 Å². The molecule has 32 heavy (non-hydrogen) atoms. The predicted octanol–water partition coefficient (Wildman–Crippen LogP) is 3.06. The van der Waals surface area contributed by atoms with Gasteiger partial charge < -0.3 is 5.32 Å². The number of benzene rings is 1.